The van der Waals surface area contributed by atoms with Gasteiger partial charge in [-0.3, -0.25) is 4.79 Å². The summed E-state index contributed by atoms with van der Waals surface area (Å²) < 4.78 is 22.9. The zero-order chi connectivity index (χ0) is 28.2. The Morgan fingerprint density at radius 2 is 1.82 bits per heavy atom. The Bertz CT molecular complexity index is 1250. The van der Waals surface area contributed by atoms with Gasteiger partial charge in [0.15, 0.2) is 11.5 Å². The number of aliphatic hydroxyl groups is 1. The van der Waals surface area contributed by atoms with Crippen molar-refractivity contribution >= 4 is 11.9 Å². The van der Waals surface area contributed by atoms with Gasteiger partial charge in [-0.15, -0.1) is 0 Å². The van der Waals surface area contributed by atoms with Gasteiger partial charge in [-0.1, -0.05) is 13.3 Å². The highest BCUT2D eigenvalue weighted by atomic mass is 16.6. The average molecular weight is 554 g/mol. The van der Waals surface area contributed by atoms with E-state index in [0.717, 1.165) is 32.2 Å². The first-order valence-electron chi connectivity index (χ1n) is 15.0. The summed E-state index contributed by atoms with van der Waals surface area (Å²) in [5, 5.41) is 12.5. The second kappa shape index (κ2) is 8.60. The molecule has 1 aromatic carbocycles. The lowest BCUT2D eigenvalue weighted by Crippen LogP contribution is -2.73. The van der Waals surface area contributed by atoms with E-state index < -0.39 is 23.6 Å². The van der Waals surface area contributed by atoms with Gasteiger partial charge in [-0.05, 0) is 98.3 Å². The largest absolute Gasteiger partial charge is 0.493 e. The Labute approximate surface area is 236 Å². The van der Waals surface area contributed by atoms with Gasteiger partial charge < -0.3 is 29.0 Å². The van der Waals surface area contributed by atoms with Crippen LogP contribution in [0.15, 0.2) is 18.2 Å². The molecule has 8 heteroatoms. The third-order valence-corrected chi connectivity index (χ3v) is 12.8. The summed E-state index contributed by atoms with van der Waals surface area (Å²) >= 11 is 0. The number of hydrogen-bond donors (Lipinski definition) is 1. The zero-order valence-electron chi connectivity index (χ0n) is 24.4. The minimum Gasteiger partial charge on any atom is -0.493 e. The van der Waals surface area contributed by atoms with E-state index in [-0.39, 0.29) is 23.4 Å². The fourth-order valence-electron chi connectivity index (χ4n) is 11.9. The van der Waals surface area contributed by atoms with Crippen molar-refractivity contribution in [1.82, 2.24) is 4.90 Å². The van der Waals surface area contributed by atoms with Crippen LogP contribution in [0.5, 0.6) is 11.5 Å². The molecular weight excluding hydrogens is 510 g/mol. The van der Waals surface area contributed by atoms with E-state index in [2.05, 4.69) is 18.9 Å². The van der Waals surface area contributed by atoms with Crippen molar-refractivity contribution in [2.24, 2.45) is 39.9 Å². The number of carbonyl (C=O) groups is 2. The maximum Gasteiger partial charge on any atom is 0.338 e. The van der Waals surface area contributed by atoms with Gasteiger partial charge in [0.05, 0.1) is 19.8 Å². The number of methoxy groups -OCH3 is 2. The lowest BCUT2D eigenvalue weighted by molar-refractivity contribution is -0.287. The third-order valence-electron chi connectivity index (χ3n) is 12.8. The molecule has 7 aliphatic rings. The predicted molar refractivity (Wildman–Crippen MR) is 146 cm³/mol. The molecule has 0 aromatic heterocycles. The van der Waals surface area contributed by atoms with Gasteiger partial charge in [0, 0.05) is 24.9 Å². The molecule has 1 saturated heterocycles. The van der Waals surface area contributed by atoms with Crippen LogP contribution in [-0.2, 0) is 14.3 Å². The average Bonchev–Trinajstić information content (AvgIpc) is 3.37. The van der Waals surface area contributed by atoms with Crippen molar-refractivity contribution in [2.75, 3.05) is 34.4 Å². The van der Waals surface area contributed by atoms with Crippen LogP contribution in [0.3, 0.4) is 0 Å². The van der Waals surface area contributed by atoms with Gasteiger partial charge in [0.2, 0.25) is 0 Å². The fraction of sp³-hybridized carbons (Fsp3) is 0.750. The van der Waals surface area contributed by atoms with Gasteiger partial charge in [-0.2, -0.15) is 0 Å². The summed E-state index contributed by atoms with van der Waals surface area (Å²) in [5.74, 6) is 1.37. The van der Waals surface area contributed by atoms with Crippen molar-refractivity contribution in [3.05, 3.63) is 23.8 Å². The Balaban J connectivity index is 1.32. The molecule has 40 heavy (non-hydrogen) atoms. The quantitative estimate of drug-likeness (QED) is 0.527. The number of nitrogens with zero attached hydrogens (tertiary/aromatic N) is 1. The summed E-state index contributed by atoms with van der Waals surface area (Å²) in [7, 11) is 5.39. The monoisotopic (exact) mass is 553 g/mol. The van der Waals surface area contributed by atoms with Crippen molar-refractivity contribution in [1.29, 1.82) is 0 Å². The van der Waals surface area contributed by atoms with Crippen molar-refractivity contribution in [3.63, 3.8) is 0 Å². The molecule has 1 heterocycles. The van der Waals surface area contributed by atoms with E-state index in [4.69, 9.17) is 18.9 Å². The maximum atomic E-state index is 13.9. The van der Waals surface area contributed by atoms with E-state index in [1.165, 1.54) is 33.3 Å². The molecule has 1 aliphatic heterocycles. The van der Waals surface area contributed by atoms with Crippen molar-refractivity contribution in [3.8, 4) is 11.5 Å². The molecule has 0 unspecified atom stereocenters. The second-order valence-corrected chi connectivity index (χ2v) is 14.1. The number of carbonyl (C=O) groups excluding carboxylic acids is 2. The Morgan fingerprint density at radius 3 is 2.55 bits per heavy atom. The topological polar surface area (TPSA) is 94.5 Å². The smallest absolute Gasteiger partial charge is 0.338 e. The van der Waals surface area contributed by atoms with Crippen LogP contribution in [0.2, 0.25) is 0 Å². The molecule has 1 aromatic rings. The normalized spacial score (nSPS) is 46.0. The number of piperidine rings is 1. The summed E-state index contributed by atoms with van der Waals surface area (Å²) in [6.07, 6.45) is 6.84. The van der Waals surface area contributed by atoms with Crippen LogP contribution in [-0.4, -0.2) is 74.1 Å². The lowest BCUT2D eigenvalue weighted by atomic mass is 9.38. The van der Waals surface area contributed by atoms with Crippen LogP contribution >= 0.6 is 0 Å². The number of hydrogen-bond acceptors (Lipinski definition) is 8. The molecule has 8 rings (SSSR count). The first-order valence-corrected chi connectivity index (χ1v) is 15.0. The summed E-state index contributed by atoms with van der Waals surface area (Å²) in [6.45, 7) is 4.84. The molecular formula is C32H43NO7. The third kappa shape index (κ3) is 3.10. The zero-order valence-corrected chi connectivity index (χ0v) is 24.4. The highest BCUT2D eigenvalue weighted by Gasteiger charge is 2.85. The molecule has 0 radical (unpaired) electrons. The molecule has 1 N–H and O–H groups in total. The van der Waals surface area contributed by atoms with E-state index >= 15 is 0 Å². The lowest BCUT2D eigenvalue weighted by Gasteiger charge is -2.69. The SMILES string of the molecule is COc1ccc(C(=O)O[C@H]2[C@](O)(COC(C)=O)[C@H]3CC[C@]24[C@H](C3)[C@@]23CCC[C@@]5(C)CN(C)[C@@H]2[C@@H]4C[C@H]53)cc1OC. The molecule has 2 spiro atoms. The highest BCUT2D eigenvalue weighted by Crippen LogP contribution is 2.84. The van der Waals surface area contributed by atoms with E-state index in [0.29, 0.717) is 46.3 Å². The summed E-state index contributed by atoms with van der Waals surface area (Å²) in [5.41, 5.74) is -0.896. The molecule has 6 aliphatic carbocycles. The summed E-state index contributed by atoms with van der Waals surface area (Å²) in [6, 6.07) is 5.45. The van der Waals surface area contributed by atoms with Crippen LogP contribution in [0, 0.1) is 39.9 Å². The van der Waals surface area contributed by atoms with Crippen LogP contribution in [0.1, 0.15) is 69.2 Å². The molecule has 10 atom stereocenters. The van der Waals surface area contributed by atoms with E-state index in [1.54, 1.807) is 25.3 Å². The minimum absolute atomic E-state index is 0.0881. The first kappa shape index (κ1) is 26.6. The van der Waals surface area contributed by atoms with E-state index in [1.807, 2.05) is 0 Å². The van der Waals surface area contributed by atoms with Crippen LogP contribution in [0.25, 0.3) is 0 Å². The number of benzene rings is 1. The van der Waals surface area contributed by atoms with Gasteiger partial charge in [0.1, 0.15) is 18.3 Å². The van der Waals surface area contributed by atoms with Crippen molar-refractivity contribution in [2.45, 2.75) is 76.5 Å². The fourth-order valence-corrected chi connectivity index (χ4v) is 11.9. The number of rotatable bonds is 6. The second-order valence-electron chi connectivity index (χ2n) is 14.1. The Morgan fingerprint density at radius 1 is 1.05 bits per heavy atom. The number of esters is 2. The minimum atomic E-state index is -1.42. The highest BCUT2D eigenvalue weighted by molar-refractivity contribution is 5.90. The molecule has 0 amide bonds. The maximum absolute atomic E-state index is 13.9. The predicted octanol–water partition coefficient (Wildman–Crippen LogP) is 4.08. The standard InChI is InChI=1S/C32H43NO7/c1-18(34)39-17-32(36)20-9-12-30(28(32)40-27(35)19-7-8-22(37-4)23(13-19)38-5)21-15-24-29(2)10-6-11-31(24,25(30)14-20)26(21)33(3)16-29/h7-8,13,20-21,24-26,28,36H,6,9-12,14-17H2,1-5H3/t20-,21-,24+,25-,26+,28+,29-,30-,31-,32-/m0/s1. The van der Waals surface area contributed by atoms with Crippen LogP contribution < -0.4 is 9.47 Å². The Hall–Kier alpha value is -2.32. The molecule has 7 bridgehead atoms. The Kier molecular flexibility index (Phi) is 5.71. The van der Waals surface area contributed by atoms with Gasteiger partial charge >= 0.3 is 11.9 Å². The first-order chi connectivity index (χ1) is 19.0. The molecule has 6 saturated carbocycles. The van der Waals surface area contributed by atoms with Crippen molar-refractivity contribution < 1.29 is 33.6 Å². The molecule has 7 fully saturated rings. The number of ether oxygens (including phenoxy) is 4. The summed E-state index contributed by atoms with van der Waals surface area (Å²) in [4.78, 5) is 28.5. The van der Waals surface area contributed by atoms with Crippen LogP contribution in [0.4, 0.5) is 0 Å². The van der Waals surface area contributed by atoms with Gasteiger partial charge in [-0.25, -0.2) is 4.79 Å². The number of fused-ring (bicyclic) bond motifs is 2. The molecule has 218 valence electrons. The van der Waals surface area contributed by atoms with Gasteiger partial charge in [0.25, 0.3) is 0 Å². The molecule has 8 nitrogen and oxygen atoms in total. The number of likely N-dealkylation sites (tertiary alicyclic amines) is 1. The van der Waals surface area contributed by atoms with E-state index in [9.17, 15) is 14.7 Å².